The Labute approximate surface area is 212 Å². The molecule has 0 aliphatic carbocycles. The van der Waals surface area contributed by atoms with Gasteiger partial charge in [-0.2, -0.15) is 5.26 Å². The maximum atomic E-state index is 13.5. The molecule has 1 heterocycles. The number of rotatable bonds is 5. The maximum absolute atomic E-state index is 13.5. The molecule has 1 aliphatic rings. The quantitative estimate of drug-likeness (QED) is 0.321. The summed E-state index contributed by atoms with van der Waals surface area (Å²) in [4.78, 5) is 28.0. The van der Waals surface area contributed by atoms with Crippen LogP contribution in [0.2, 0.25) is 10.0 Å². The van der Waals surface area contributed by atoms with E-state index in [0.29, 0.717) is 32.9 Å². The monoisotopic (exact) mass is 507 g/mol. The second-order valence-corrected chi connectivity index (χ2v) is 9.76. The van der Waals surface area contributed by atoms with Gasteiger partial charge in [0.25, 0.3) is 5.91 Å². The molecule has 3 aromatic rings. The van der Waals surface area contributed by atoms with Gasteiger partial charge in [0.05, 0.1) is 5.25 Å². The standard InChI is InChI=1S/C26H19Cl2N3O2S/c1-16-2-10-20(11-3-16)30-24(32)22(15-29)26-31(21-12-8-19(28)9-13-21)25(33)23(34-26)14-17-4-6-18(27)7-5-17/h2-13,23H,14H2,1H3,(H,30,32)/b26-22-/t23-/m1/s1. The van der Waals surface area contributed by atoms with E-state index < -0.39 is 11.2 Å². The first kappa shape index (κ1) is 23.9. The third-order valence-electron chi connectivity index (χ3n) is 5.23. The van der Waals surface area contributed by atoms with E-state index in [4.69, 9.17) is 23.2 Å². The zero-order chi connectivity index (χ0) is 24.2. The number of nitrogens with one attached hydrogen (secondary N) is 1. The van der Waals surface area contributed by atoms with Gasteiger partial charge < -0.3 is 5.32 Å². The lowest BCUT2D eigenvalue weighted by molar-refractivity contribution is -0.117. The fourth-order valence-electron chi connectivity index (χ4n) is 3.48. The molecule has 1 N–H and O–H groups in total. The average molecular weight is 508 g/mol. The van der Waals surface area contributed by atoms with E-state index in [0.717, 1.165) is 11.1 Å². The first-order chi connectivity index (χ1) is 16.4. The summed E-state index contributed by atoms with van der Waals surface area (Å²) in [6, 6.07) is 23.2. The van der Waals surface area contributed by atoms with Crippen LogP contribution in [0.5, 0.6) is 0 Å². The van der Waals surface area contributed by atoms with E-state index in [1.807, 2.05) is 37.3 Å². The minimum absolute atomic E-state index is 0.132. The number of anilines is 2. The second-order valence-electron chi connectivity index (χ2n) is 7.70. The fraction of sp³-hybridized carbons (Fsp3) is 0.115. The molecule has 34 heavy (non-hydrogen) atoms. The van der Waals surface area contributed by atoms with Gasteiger partial charge in [-0.3, -0.25) is 14.5 Å². The highest BCUT2D eigenvalue weighted by Crippen LogP contribution is 2.42. The van der Waals surface area contributed by atoms with Crippen LogP contribution >= 0.6 is 35.0 Å². The molecule has 1 fully saturated rings. The molecule has 0 bridgehead atoms. The van der Waals surface area contributed by atoms with Gasteiger partial charge in [0, 0.05) is 21.4 Å². The Bertz CT molecular complexity index is 1300. The van der Waals surface area contributed by atoms with E-state index in [9.17, 15) is 14.9 Å². The molecule has 1 aliphatic heterocycles. The van der Waals surface area contributed by atoms with Crippen molar-refractivity contribution >= 4 is 58.2 Å². The van der Waals surface area contributed by atoms with Crippen molar-refractivity contribution in [3.63, 3.8) is 0 Å². The molecule has 170 valence electrons. The number of nitrogens with zero attached hydrogens (tertiary/aromatic N) is 2. The predicted molar refractivity (Wildman–Crippen MR) is 138 cm³/mol. The molecule has 1 saturated heterocycles. The highest BCUT2D eigenvalue weighted by molar-refractivity contribution is 8.05. The number of aryl methyl sites for hydroxylation is 1. The minimum atomic E-state index is -0.576. The van der Waals surface area contributed by atoms with Crippen molar-refractivity contribution in [2.24, 2.45) is 0 Å². The molecule has 0 saturated carbocycles. The second kappa shape index (κ2) is 10.4. The van der Waals surface area contributed by atoms with Crippen LogP contribution in [-0.4, -0.2) is 17.1 Å². The molecule has 0 unspecified atom stereocenters. The van der Waals surface area contributed by atoms with Gasteiger partial charge in [-0.25, -0.2) is 0 Å². The van der Waals surface area contributed by atoms with Gasteiger partial charge in [0.2, 0.25) is 5.91 Å². The van der Waals surface area contributed by atoms with Crippen molar-refractivity contribution in [2.45, 2.75) is 18.6 Å². The number of amides is 2. The van der Waals surface area contributed by atoms with Gasteiger partial charge in [-0.05, 0) is 67.4 Å². The first-order valence-corrected chi connectivity index (χ1v) is 12.0. The third-order valence-corrected chi connectivity index (χ3v) is 7.00. The van der Waals surface area contributed by atoms with Crippen LogP contribution in [0.25, 0.3) is 0 Å². The average Bonchev–Trinajstić information content (AvgIpc) is 3.13. The van der Waals surface area contributed by atoms with Gasteiger partial charge in [0.15, 0.2) is 0 Å². The van der Waals surface area contributed by atoms with Crippen molar-refractivity contribution in [1.82, 2.24) is 0 Å². The predicted octanol–water partition coefficient (Wildman–Crippen LogP) is 6.37. The molecule has 3 aromatic carbocycles. The zero-order valence-electron chi connectivity index (χ0n) is 18.1. The number of hydrogen-bond acceptors (Lipinski definition) is 4. The summed E-state index contributed by atoms with van der Waals surface area (Å²) in [5.74, 6) is -0.791. The largest absolute Gasteiger partial charge is 0.321 e. The van der Waals surface area contributed by atoms with Crippen molar-refractivity contribution in [2.75, 3.05) is 10.2 Å². The summed E-state index contributed by atoms with van der Waals surface area (Å²) in [6.07, 6.45) is 0.423. The Morgan fingerprint density at radius 3 is 2.18 bits per heavy atom. The van der Waals surface area contributed by atoms with Crippen LogP contribution in [0.4, 0.5) is 11.4 Å². The molecule has 0 spiro atoms. The fourth-order valence-corrected chi connectivity index (χ4v) is 5.04. The number of hydrogen-bond donors (Lipinski definition) is 1. The van der Waals surface area contributed by atoms with Crippen LogP contribution < -0.4 is 10.2 Å². The molecule has 0 radical (unpaired) electrons. The van der Waals surface area contributed by atoms with E-state index in [-0.39, 0.29) is 11.5 Å². The van der Waals surface area contributed by atoms with Crippen molar-refractivity contribution in [1.29, 1.82) is 5.26 Å². The molecule has 5 nitrogen and oxygen atoms in total. The smallest absolute Gasteiger partial charge is 0.269 e. The number of carbonyl (C=O) groups is 2. The summed E-state index contributed by atoms with van der Waals surface area (Å²) in [7, 11) is 0. The van der Waals surface area contributed by atoms with Gasteiger partial charge in [-0.15, -0.1) is 0 Å². The Morgan fingerprint density at radius 2 is 1.59 bits per heavy atom. The van der Waals surface area contributed by atoms with Crippen LogP contribution in [0, 0.1) is 18.3 Å². The highest BCUT2D eigenvalue weighted by atomic mass is 35.5. The topological polar surface area (TPSA) is 73.2 Å². The van der Waals surface area contributed by atoms with Crippen molar-refractivity contribution < 1.29 is 9.59 Å². The molecule has 1 atom stereocenters. The number of thioether (sulfide) groups is 1. The van der Waals surface area contributed by atoms with Crippen LogP contribution in [0.1, 0.15) is 11.1 Å². The Balaban J connectivity index is 1.71. The summed E-state index contributed by atoms with van der Waals surface area (Å²) in [5, 5.41) is 13.6. The van der Waals surface area contributed by atoms with Crippen LogP contribution in [0.3, 0.4) is 0 Å². The number of halogens is 2. The Hall–Kier alpha value is -3.24. The maximum Gasteiger partial charge on any atom is 0.269 e. The summed E-state index contributed by atoms with van der Waals surface area (Å²) >= 11 is 13.2. The van der Waals surface area contributed by atoms with Gasteiger partial charge in [0.1, 0.15) is 16.7 Å². The van der Waals surface area contributed by atoms with E-state index in [1.165, 1.54) is 16.7 Å². The molecular formula is C26H19Cl2N3O2S. The lowest BCUT2D eigenvalue weighted by Crippen LogP contribution is -2.30. The summed E-state index contributed by atoms with van der Waals surface area (Å²) < 4.78 is 0. The van der Waals surface area contributed by atoms with Crippen molar-refractivity contribution in [3.8, 4) is 6.07 Å². The normalized spacial score (nSPS) is 16.8. The lowest BCUT2D eigenvalue weighted by Gasteiger charge is -2.19. The van der Waals surface area contributed by atoms with Crippen LogP contribution in [-0.2, 0) is 16.0 Å². The summed E-state index contributed by atoms with van der Waals surface area (Å²) in [5.41, 5.74) is 2.94. The molecule has 8 heteroatoms. The molecular weight excluding hydrogens is 489 g/mol. The number of benzene rings is 3. The van der Waals surface area contributed by atoms with Gasteiger partial charge >= 0.3 is 0 Å². The van der Waals surface area contributed by atoms with Crippen LogP contribution in [0.15, 0.2) is 83.4 Å². The Morgan fingerprint density at radius 1 is 1.00 bits per heavy atom. The number of nitriles is 1. The SMILES string of the molecule is Cc1ccc(NC(=O)/C(C#N)=C2\S[C@H](Cc3ccc(Cl)cc3)C(=O)N2c2ccc(Cl)cc2)cc1. The van der Waals surface area contributed by atoms with E-state index in [2.05, 4.69) is 5.32 Å². The summed E-state index contributed by atoms with van der Waals surface area (Å²) in [6.45, 7) is 1.94. The third kappa shape index (κ3) is 5.28. The molecule has 2 amide bonds. The lowest BCUT2D eigenvalue weighted by atomic mass is 10.1. The zero-order valence-corrected chi connectivity index (χ0v) is 20.4. The molecule has 0 aromatic heterocycles. The minimum Gasteiger partial charge on any atom is -0.321 e. The number of carbonyl (C=O) groups excluding carboxylic acids is 2. The molecule has 4 rings (SSSR count). The van der Waals surface area contributed by atoms with Gasteiger partial charge in [-0.1, -0.05) is 64.8 Å². The van der Waals surface area contributed by atoms with E-state index in [1.54, 1.807) is 48.5 Å². The Kier molecular flexibility index (Phi) is 7.28. The van der Waals surface area contributed by atoms with Crippen molar-refractivity contribution in [3.05, 3.63) is 105 Å². The first-order valence-electron chi connectivity index (χ1n) is 10.4. The highest BCUT2D eigenvalue weighted by Gasteiger charge is 2.40. The van der Waals surface area contributed by atoms with E-state index >= 15 is 0 Å².